The molecule has 0 radical (unpaired) electrons. The van der Waals surface area contributed by atoms with Crippen LogP contribution in [0.1, 0.15) is 23.7 Å². The summed E-state index contributed by atoms with van der Waals surface area (Å²) in [4.78, 5) is 12.0. The van der Waals surface area contributed by atoms with Crippen molar-refractivity contribution >= 4 is 39.0 Å². The van der Waals surface area contributed by atoms with E-state index in [-0.39, 0.29) is 16.6 Å². The summed E-state index contributed by atoms with van der Waals surface area (Å²) in [5.41, 5.74) is 5.70. The van der Waals surface area contributed by atoms with Crippen LogP contribution in [0.4, 0.5) is 4.39 Å². The molecule has 1 amide bonds. The number of nitrogens with one attached hydrogen (secondary N) is 1. The van der Waals surface area contributed by atoms with Gasteiger partial charge in [0, 0.05) is 10.0 Å². The largest absolute Gasteiger partial charge is 0.392 e. The number of hydrogen-bond acceptors (Lipinski definition) is 2. The van der Waals surface area contributed by atoms with Crippen molar-refractivity contribution in [3.63, 3.8) is 0 Å². The average molecular weight is 319 g/mol. The van der Waals surface area contributed by atoms with E-state index in [1.807, 2.05) is 6.92 Å². The minimum Gasteiger partial charge on any atom is -0.392 e. The summed E-state index contributed by atoms with van der Waals surface area (Å²) >= 11 is 7.94. The topological polar surface area (TPSA) is 55.1 Å². The molecule has 0 saturated heterocycles. The Balaban J connectivity index is 2.86. The summed E-state index contributed by atoms with van der Waals surface area (Å²) in [5.74, 6) is -0.877. The summed E-state index contributed by atoms with van der Waals surface area (Å²) < 4.78 is 13.6. The van der Waals surface area contributed by atoms with Crippen LogP contribution >= 0.6 is 28.1 Å². The van der Waals surface area contributed by atoms with Crippen molar-refractivity contribution in [2.75, 3.05) is 0 Å². The highest BCUT2D eigenvalue weighted by molar-refractivity contribution is 9.10. The lowest BCUT2D eigenvalue weighted by molar-refractivity contribution is 0.0946. The van der Waals surface area contributed by atoms with Crippen LogP contribution < -0.4 is 11.1 Å². The fraction of sp³-hybridized carbons (Fsp3) is 0.273. The number of amides is 1. The summed E-state index contributed by atoms with van der Waals surface area (Å²) in [5, 5.41) is 2.64. The van der Waals surface area contributed by atoms with E-state index in [9.17, 15) is 9.18 Å². The predicted molar refractivity (Wildman–Crippen MR) is 72.4 cm³/mol. The van der Waals surface area contributed by atoms with Gasteiger partial charge < -0.3 is 11.1 Å². The second-order valence-electron chi connectivity index (χ2n) is 3.49. The predicted octanol–water partition coefficient (Wildman–Crippen LogP) is 2.38. The molecule has 1 rings (SSSR count). The van der Waals surface area contributed by atoms with Gasteiger partial charge in [0.05, 0.1) is 11.0 Å². The third-order valence-corrected chi connectivity index (χ3v) is 2.92. The van der Waals surface area contributed by atoms with E-state index in [1.54, 1.807) is 0 Å². The molecule has 0 saturated carbocycles. The molecule has 0 bridgehead atoms. The van der Waals surface area contributed by atoms with Crippen LogP contribution in [0.5, 0.6) is 0 Å². The molecule has 0 aliphatic carbocycles. The van der Waals surface area contributed by atoms with Crippen molar-refractivity contribution in [3.05, 3.63) is 34.1 Å². The quantitative estimate of drug-likeness (QED) is 0.838. The minimum atomic E-state index is -0.479. The summed E-state index contributed by atoms with van der Waals surface area (Å²) in [6.45, 7) is 1.85. The van der Waals surface area contributed by atoms with Crippen LogP contribution in [0.2, 0.25) is 0 Å². The molecule has 1 unspecified atom stereocenters. The Morgan fingerprint density at radius 2 is 2.24 bits per heavy atom. The molecule has 0 aromatic heterocycles. The maximum absolute atomic E-state index is 13.1. The van der Waals surface area contributed by atoms with E-state index in [1.165, 1.54) is 12.1 Å². The van der Waals surface area contributed by atoms with Gasteiger partial charge in [-0.25, -0.2) is 4.39 Å². The Bertz CT molecular complexity index is 433. The third kappa shape index (κ3) is 4.05. The van der Waals surface area contributed by atoms with Gasteiger partial charge in [-0.2, -0.15) is 0 Å². The van der Waals surface area contributed by atoms with E-state index >= 15 is 0 Å². The molecule has 1 aromatic carbocycles. The van der Waals surface area contributed by atoms with Gasteiger partial charge in [0.1, 0.15) is 5.82 Å². The van der Waals surface area contributed by atoms with Crippen LogP contribution in [0, 0.1) is 5.82 Å². The second-order valence-corrected chi connectivity index (χ2v) is 4.88. The number of halogens is 2. The molecule has 17 heavy (non-hydrogen) atoms. The molecule has 3 N–H and O–H groups in total. The van der Waals surface area contributed by atoms with E-state index in [2.05, 4.69) is 21.2 Å². The molecule has 3 nitrogen and oxygen atoms in total. The van der Waals surface area contributed by atoms with Crippen LogP contribution in [-0.4, -0.2) is 16.9 Å². The Morgan fingerprint density at radius 1 is 1.59 bits per heavy atom. The maximum Gasteiger partial charge on any atom is 0.251 e. The van der Waals surface area contributed by atoms with E-state index in [0.717, 1.165) is 6.07 Å². The first-order valence-corrected chi connectivity index (χ1v) is 6.20. The zero-order valence-electron chi connectivity index (χ0n) is 9.17. The van der Waals surface area contributed by atoms with Gasteiger partial charge in [-0.1, -0.05) is 35.1 Å². The van der Waals surface area contributed by atoms with Gasteiger partial charge in [-0.3, -0.25) is 4.79 Å². The molecule has 0 aliphatic heterocycles. The molecule has 0 aliphatic rings. The zero-order chi connectivity index (χ0) is 13.0. The van der Waals surface area contributed by atoms with Gasteiger partial charge in [-0.15, -0.1) is 0 Å². The van der Waals surface area contributed by atoms with Crippen LogP contribution in [-0.2, 0) is 0 Å². The monoisotopic (exact) mass is 318 g/mol. The number of thiocarbonyl (C=S) groups is 1. The second kappa shape index (κ2) is 6.07. The first-order chi connectivity index (χ1) is 7.93. The highest BCUT2D eigenvalue weighted by Gasteiger charge is 2.15. The molecule has 0 spiro atoms. The van der Waals surface area contributed by atoms with Crippen molar-refractivity contribution in [1.82, 2.24) is 5.32 Å². The van der Waals surface area contributed by atoms with Crippen molar-refractivity contribution in [2.45, 2.75) is 19.4 Å². The van der Waals surface area contributed by atoms with Crippen molar-refractivity contribution in [3.8, 4) is 0 Å². The normalized spacial score (nSPS) is 11.9. The van der Waals surface area contributed by atoms with Crippen LogP contribution in [0.15, 0.2) is 22.7 Å². The molecular formula is C11H12BrFN2OS. The molecule has 1 aromatic rings. The number of rotatable bonds is 4. The fourth-order valence-electron chi connectivity index (χ4n) is 1.30. The first kappa shape index (κ1) is 14.1. The van der Waals surface area contributed by atoms with Crippen LogP contribution in [0.25, 0.3) is 0 Å². The molecule has 92 valence electrons. The maximum atomic E-state index is 13.1. The molecular weight excluding hydrogens is 307 g/mol. The molecule has 6 heteroatoms. The smallest absolute Gasteiger partial charge is 0.251 e. The van der Waals surface area contributed by atoms with Gasteiger partial charge in [0.2, 0.25) is 0 Å². The number of carbonyl (C=O) groups is 1. The highest BCUT2D eigenvalue weighted by atomic mass is 79.9. The number of hydrogen-bond donors (Lipinski definition) is 2. The van der Waals surface area contributed by atoms with E-state index in [4.69, 9.17) is 18.0 Å². The average Bonchev–Trinajstić information content (AvgIpc) is 2.23. The van der Waals surface area contributed by atoms with Gasteiger partial charge >= 0.3 is 0 Å². The number of carbonyl (C=O) groups excluding carboxylic acids is 1. The third-order valence-electron chi connectivity index (χ3n) is 2.18. The van der Waals surface area contributed by atoms with Gasteiger partial charge in [0.25, 0.3) is 5.91 Å². The zero-order valence-corrected chi connectivity index (χ0v) is 11.6. The van der Waals surface area contributed by atoms with Crippen molar-refractivity contribution < 1.29 is 9.18 Å². The highest BCUT2D eigenvalue weighted by Crippen LogP contribution is 2.15. The lowest BCUT2D eigenvalue weighted by Gasteiger charge is -2.15. The molecule has 1 atom stereocenters. The van der Waals surface area contributed by atoms with E-state index < -0.39 is 11.7 Å². The Labute approximate surface area is 113 Å². The molecule has 0 fully saturated rings. The number of nitrogens with two attached hydrogens (primary N) is 1. The van der Waals surface area contributed by atoms with Crippen LogP contribution in [0.3, 0.4) is 0 Å². The van der Waals surface area contributed by atoms with Gasteiger partial charge in [-0.05, 0) is 24.6 Å². The lowest BCUT2D eigenvalue weighted by atomic mass is 10.1. The van der Waals surface area contributed by atoms with Crippen molar-refractivity contribution in [2.24, 2.45) is 5.73 Å². The summed E-state index contributed by atoms with van der Waals surface area (Å²) in [6.07, 6.45) is 0.595. The summed E-state index contributed by atoms with van der Waals surface area (Å²) in [7, 11) is 0. The minimum absolute atomic E-state index is 0.219. The van der Waals surface area contributed by atoms with E-state index in [0.29, 0.717) is 10.9 Å². The summed E-state index contributed by atoms with van der Waals surface area (Å²) in [6, 6.07) is 3.60. The lowest BCUT2D eigenvalue weighted by Crippen LogP contribution is -2.43. The Hall–Kier alpha value is -1.01. The SMILES string of the molecule is CCC(NC(=O)c1cc(F)cc(Br)c1)C(N)=S. The standard InChI is InChI=1S/C11H12BrFN2OS/c1-2-9(10(14)17)15-11(16)6-3-7(12)5-8(13)4-6/h3-5,9H,2H2,1H3,(H2,14,17)(H,15,16). The van der Waals surface area contributed by atoms with Crippen molar-refractivity contribution in [1.29, 1.82) is 0 Å². The first-order valence-electron chi connectivity index (χ1n) is 5.00. The fourth-order valence-corrected chi connectivity index (χ4v) is 1.99. The Kier molecular flexibility index (Phi) is 5.02. The number of benzene rings is 1. The molecule has 0 heterocycles. The Morgan fingerprint density at radius 3 is 2.71 bits per heavy atom. The van der Waals surface area contributed by atoms with Gasteiger partial charge in [0.15, 0.2) is 0 Å².